The van der Waals surface area contributed by atoms with E-state index in [1.165, 1.54) is 18.4 Å². The minimum Gasteiger partial charge on any atom is -0.319 e. The van der Waals surface area contributed by atoms with E-state index in [0.717, 1.165) is 6.54 Å². The number of hydrogen-bond donors (Lipinski definition) is 1. The van der Waals surface area contributed by atoms with E-state index in [1.807, 2.05) is 19.2 Å². The molecular weight excluding hydrogens is 215 g/mol. The molecule has 1 aliphatic rings. The van der Waals surface area contributed by atoms with Gasteiger partial charge in [-0.1, -0.05) is 12.1 Å². The van der Waals surface area contributed by atoms with Gasteiger partial charge in [-0.25, -0.2) is 4.39 Å². The molecule has 1 aromatic carbocycles. The van der Waals surface area contributed by atoms with Crippen molar-refractivity contribution in [2.75, 3.05) is 27.7 Å². The van der Waals surface area contributed by atoms with Gasteiger partial charge in [-0.3, -0.25) is 0 Å². The van der Waals surface area contributed by atoms with Gasteiger partial charge < -0.3 is 10.2 Å². The van der Waals surface area contributed by atoms with Crippen molar-refractivity contribution in [3.63, 3.8) is 0 Å². The first kappa shape index (κ1) is 12.5. The number of benzene rings is 1. The van der Waals surface area contributed by atoms with Crippen LogP contribution in [-0.4, -0.2) is 32.6 Å². The third-order valence-corrected chi connectivity index (χ3v) is 3.70. The predicted octanol–water partition coefficient (Wildman–Crippen LogP) is 2.43. The van der Waals surface area contributed by atoms with Crippen LogP contribution in [0.2, 0.25) is 0 Å². The molecule has 0 heterocycles. The second-order valence-corrected chi connectivity index (χ2v) is 5.31. The van der Waals surface area contributed by atoms with E-state index in [2.05, 4.69) is 24.3 Å². The van der Waals surface area contributed by atoms with Gasteiger partial charge in [0.2, 0.25) is 0 Å². The highest BCUT2D eigenvalue weighted by Gasteiger charge is 2.50. The second-order valence-electron chi connectivity index (χ2n) is 5.31. The maximum Gasteiger partial charge on any atom is 0.123 e. The summed E-state index contributed by atoms with van der Waals surface area (Å²) in [6, 6.07) is 7.31. The summed E-state index contributed by atoms with van der Waals surface area (Å²) in [6.45, 7) is 1.02. The summed E-state index contributed by atoms with van der Waals surface area (Å²) in [5.74, 6) is -0.162. The fourth-order valence-corrected chi connectivity index (χ4v) is 2.90. The summed E-state index contributed by atoms with van der Waals surface area (Å²) in [7, 11) is 6.20. The summed E-state index contributed by atoms with van der Waals surface area (Å²) in [6.07, 6.45) is 2.49. The third kappa shape index (κ3) is 2.50. The minimum absolute atomic E-state index is 0.162. The van der Waals surface area contributed by atoms with Crippen molar-refractivity contribution in [2.45, 2.75) is 18.9 Å². The van der Waals surface area contributed by atoms with E-state index in [1.54, 1.807) is 12.1 Å². The Balaban J connectivity index is 2.26. The van der Waals surface area contributed by atoms with Crippen LogP contribution in [0.1, 0.15) is 24.4 Å². The van der Waals surface area contributed by atoms with Crippen LogP contribution in [0.3, 0.4) is 0 Å². The zero-order valence-corrected chi connectivity index (χ0v) is 10.8. The Bertz CT molecular complexity index is 368. The van der Waals surface area contributed by atoms with Gasteiger partial charge >= 0.3 is 0 Å². The van der Waals surface area contributed by atoms with Crippen molar-refractivity contribution < 1.29 is 4.39 Å². The maximum absolute atomic E-state index is 13.0. The molecule has 17 heavy (non-hydrogen) atoms. The number of nitrogens with one attached hydrogen (secondary N) is 1. The Morgan fingerprint density at radius 2 is 1.88 bits per heavy atom. The average molecular weight is 236 g/mol. The van der Waals surface area contributed by atoms with Crippen molar-refractivity contribution in [3.05, 3.63) is 35.6 Å². The Kier molecular flexibility index (Phi) is 3.50. The SMILES string of the molecule is CNCC1(C(c2ccc(F)cc2)N(C)C)CC1. The molecule has 1 atom stereocenters. The largest absolute Gasteiger partial charge is 0.319 e. The Labute approximate surface area is 103 Å². The lowest BCUT2D eigenvalue weighted by atomic mass is 9.89. The normalized spacial score (nSPS) is 19.4. The lowest BCUT2D eigenvalue weighted by molar-refractivity contribution is 0.191. The van der Waals surface area contributed by atoms with E-state index in [0.29, 0.717) is 11.5 Å². The smallest absolute Gasteiger partial charge is 0.123 e. The first-order valence-electron chi connectivity index (χ1n) is 6.15. The number of hydrogen-bond acceptors (Lipinski definition) is 2. The second kappa shape index (κ2) is 4.75. The summed E-state index contributed by atoms with van der Waals surface area (Å²) >= 11 is 0. The highest BCUT2D eigenvalue weighted by molar-refractivity contribution is 5.25. The average Bonchev–Trinajstić information content (AvgIpc) is 3.02. The summed E-state index contributed by atoms with van der Waals surface area (Å²) < 4.78 is 13.0. The van der Waals surface area contributed by atoms with Crippen molar-refractivity contribution in [3.8, 4) is 0 Å². The molecule has 0 bridgehead atoms. The molecule has 0 aromatic heterocycles. The lowest BCUT2D eigenvalue weighted by Crippen LogP contribution is -2.34. The van der Waals surface area contributed by atoms with Crippen molar-refractivity contribution in [1.82, 2.24) is 10.2 Å². The molecule has 1 N–H and O–H groups in total. The van der Waals surface area contributed by atoms with Crippen LogP contribution in [0.4, 0.5) is 4.39 Å². The molecule has 0 aliphatic heterocycles. The van der Waals surface area contributed by atoms with Crippen LogP contribution < -0.4 is 5.32 Å². The van der Waals surface area contributed by atoms with Gasteiger partial charge in [-0.05, 0) is 51.7 Å². The lowest BCUT2D eigenvalue weighted by Gasteiger charge is -2.33. The molecule has 1 fully saturated rings. The standard InChI is InChI=1S/C14H21FN2/c1-16-10-14(8-9-14)13(17(2)3)11-4-6-12(15)7-5-11/h4-7,13,16H,8-10H2,1-3H3. The molecule has 0 saturated heterocycles. The van der Waals surface area contributed by atoms with Crippen molar-refractivity contribution in [1.29, 1.82) is 0 Å². The number of halogens is 1. The van der Waals surface area contributed by atoms with E-state index in [4.69, 9.17) is 0 Å². The third-order valence-electron chi connectivity index (χ3n) is 3.70. The van der Waals surface area contributed by atoms with Crippen molar-refractivity contribution in [2.24, 2.45) is 5.41 Å². The van der Waals surface area contributed by atoms with Gasteiger partial charge in [0.15, 0.2) is 0 Å². The Morgan fingerprint density at radius 3 is 2.29 bits per heavy atom. The summed E-state index contributed by atoms with van der Waals surface area (Å²) in [5, 5.41) is 3.29. The molecule has 1 saturated carbocycles. The van der Waals surface area contributed by atoms with Crippen LogP contribution >= 0.6 is 0 Å². The van der Waals surface area contributed by atoms with Gasteiger partial charge in [-0.2, -0.15) is 0 Å². The molecular formula is C14H21FN2. The molecule has 94 valence electrons. The van der Waals surface area contributed by atoms with Gasteiger partial charge in [0.05, 0.1) is 0 Å². The molecule has 1 unspecified atom stereocenters. The number of rotatable bonds is 5. The number of nitrogens with zero attached hydrogens (tertiary/aromatic N) is 1. The fourth-order valence-electron chi connectivity index (χ4n) is 2.90. The molecule has 0 radical (unpaired) electrons. The van der Waals surface area contributed by atoms with Gasteiger partial charge in [0.1, 0.15) is 5.82 Å². The minimum atomic E-state index is -0.162. The monoisotopic (exact) mass is 236 g/mol. The van der Waals surface area contributed by atoms with Gasteiger partial charge in [0.25, 0.3) is 0 Å². The topological polar surface area (TPSA) is 15.3 Å². The molecule has 0 amide bonds. The zero-order valence-electron chi connectivity index (χ0n) is 10.8. The molecule has 2 nitrogen and oxygen atoms in total. The van der Waals surface area contributed by atoms with Crippen molar-refractivity contribution >= 4 is 0 Å². The van der Waals surface area contributed by atoms with E-state index in [9.17, 15) is 4.39 Å². The summed E-state index contributed by atoms with van der Waals surface area (Å²) in [4.78, 5) is 2.25. The molecule has 1 aromatic rings. The quantitative estimate of drug-likeness (QED) is 0.844. The summed E-state index contributed by atoms with van der Waals surface area (Å²) in [5.41, 5.74) is 1.54. The molecule has 0 spiro atoms. The highest BCUT2D eigenvalue weighted by Crippen LogP contribution is 2.56. The maximum atomic E-state index is 13.0. The van der Waals surface area contributed by atoms with Gasteiger partial charge in [-0.15, -0.1) is 0 Å². The Hall–Kier alpha value is -0.930. The first-order chi connectivity index (χ1) is 8.09. The Morgan fingerprint density at radius 1 is 1.29 bits per heavy atom. The van der Waals surface area contributed by atoms with Crippen LogP contribution in [0.15, 0.2) is 24.3 Å². The van der Waals surface area contributed by atoms with Crippen LogP contribution in [-0.2, 0) is 0 Å². The van der Waals surface area contributed by atoms with Crippen LogP contribution in [0.25, 0.3) is 0 Å². The zero-order chi connectivity index (χ0) is 12.5. The van der Waals surface area contributed by atoms with E-state index < -0.39 is 0 Å². The van der Waals surface area contributed by atoms with Crippen LogP contribution in [0, 0.1) is 11.2 Å². The molecule has 3 heteroatoms. The van der Waals surface area contributed by atoms with Crippen LogP contribution in [0.5, 0.6) is 0 Å². The fraction of sp³-hybridized carbons (Fsp3) is 0.571. The molecule has 1 aliphatic carbocycles. The van der Waals surface area contributed by atoms with E-state index >= 15 is 0 Å². The first-order valence-corrected chi connectivity index (χ1v) is 6.15. The van der Waals surface area contributed by atoms with E-state index in [-0.39, 0.29) is 5.82 Å². The van der Waals surface area contributed by atoms with Gasteiger partial charge in [0, 0.05) is 18.0 Å². The highest BCUT2D eigenvalue weighted by atomic mass is 19.1. The molecule has 2 rings (SSSR count). The predicted molar refractivity (Wildman–Crippen MR) is 68.4 cm³/mol.